The molecule has 0 saturated heterocycles. The van der Waals surface area contributed by atoms with Crippen LogP contribution in [0.2, 0.25) is 0 Å². The predicted octanol–water partition coefficient (Wildman–Crippen LogP) is 5.60. The Hall–Kier alpha value is -3.67. The van der Waals surface area contributed by atoms with Gasteiger partial charge in [0.25, 0.3) is 5.91 Å². The summed E-state index contributed by atoms with van der Waals surface area (Å²) in [7, 11) is 1.60. The molecule has 0 aromatic heterocycles. The van der Waals surface area contributed by atoms with Crippen LogP contribution in [0.3, 0.4) is 0 Å². The summed E-state index contributed by atoms with van der Waals surface area (Å²) in [6, 6.07) is 18.7. The van der Waals surface area contributed by atoms with E-state index < -0.39 is 0 Å². The summed E-state index contributed by atoms with van der Waals surface area (Å²) in [4.78, 5) is 12.9. The van der Waals surface area contributed by atoms with E-state index in [0.717, 1.165) is 11.3 Å². The van der Waals surface area contributed by atoms with Gasteiger partial charge in [-0.2, -0.15) is 0 Å². The first kappa shape index (κ1) is 22.5. The van der Waals surface area contributed by atoms with Gasteiger partial charge in [0.2, 0.25) is 0 Å². The summed E-state index contributed by atoms with van der Waals surface area (Å²) < 4.78 is 22.6. The number of nitrogens with one attached hydrogen (secondary N) is 1. The fourth-order valence-corrected chi connectivity index (χ4v) is 3.57. The van der Waals surface area contributed by atoms with Crippen LogP contribution in [0.4, 0.5) is 5.69 Å². The Balaban J connectivity index is 1.46. The van der Waals surface area contributed by atoms with Gasteiger partial charge in [-0.05, 0) is 53.4 Å². The number of anilines is 1. The second-order valence-corrected chi connectivity index (χ2v) is 8.90. The maximum Gasteiger partial charge on any atom is 0.255 e. The van der Waals surface area contributed by atoms with E-state index in [2.05, 4.69) is 38.2 Å². The zero-order valence-corrected chi connectivity index (χ0v) is 19.4. The van der Waals surface area contributed by atoms with Gasteiger partial charge in [-0.3, -0.25) is 4.79 Å². The number of benzene rings is 3. The first-order chi connectivity index (χ1) is 15.8. The third kappa shape index (κ3) is 5.40. The van der Waals surface area contributed by atoms with Gasteiger partial charge in [0.15, 0.2) is 11.5 Å². The lowest BCUT2D eigenvalue weighted by molar-refractivity contribution is 0.102. The van der Waals surface area contributed by atoms with Crippen molar-refractivity contribution in [3.8, 4) is 23.0 Å². The Bertz CT molecular complexity index is 1130. The van der Waals surface area contributed by atoms with E-state index >= 15 is 0 Å². The smallest absolute Gasteiger partial charge is 0.255 e. The van der Waals surface area contributed by atoms with Crippen molar-refractivity contribution in [3.63, 3.8) is 0 Å². The van der Waals surface area contributed by atoms with Gasteiger partial charge in [-0.25, -0.2) is 0 Å². The Labute approximate surface area is 194 Å². The van der Waals surface area contributed by atoms with Crippen molar-refractivity contribution < 1.29 is 23.7 Å². The molecular formula is C27H29NO5. The van der Waals surface area contributed by atoms with Gasteiger partial charge >= 0.3 is 0 Å². The molecule has 1 aliphatic rings. The Morgan fingerprint density at radius 1 is 0.939 bits per heavy atom. The lowest BCUT2D eigenvalue weighted by atomic mass is 9.87. The first-order valence-corrected chi connectivity index (χ1v) is 10.9. The van der Waals surface area contributed by atoms with Crippen molar-refractivity contribution in [2.45, 2.75) is 32.8 Å². The van der Waals surface area contributed by atoms with Crippen molar-refractivity contribution in [1.82, 2.24) is 0 Å². The topological polar surface area (TPSA) is 66.0 Å². The maximum atomic E-state index is 12.9. The first-order valence-electron chi connectivity index (χ1n) is 10.9. The van der Waals surface area contributed by atoms with Crippen LogP contribution in [-0.4, -0.2) is 26.2 Å². The van der Waals surface area contributed by atoms with Crippen molar-refractivity contribution in [2.75, 3.05) is 25.6 Å². The SMILES string of the molecule is COc1ccc(C(=O)Nc2ccc3c(c2)OCCO3)cc1COc1ccc(C(C)(C)C)cc1. The van der Waals surface area contributed by atoms with Crippen molar-refractivity contribution >= 4 is 11.6 Å². The highest BCUT2D eigenvalue weighted by molar-refractivity contribution is 6.04. The van der Waals surface area contributed by atoms with Gasteiger partial charge in [-0.15, -0.1) is 0 Å². The Morgan fingerprint density at radius 3 is 2.36 bits per heavy atom. The standard InChI is InChI=1S/C27H29NO5/c1-27(2,3)20-6-9-22(10-7-20)33-17-19-15-18(5-11-23(19)30-4)26(29)28-21-8-12-24-25(16-21)32-14-13-31-24/h5-12,15-16H,13-14,17H2,1-4H3,(H,28,29). The zero-order valence-electron chi connectivity index (χ0n) is 19.4. The Kier molecular flexibility index (Phi) is 6.45. The van der Waals surface area contributed by atoms with E-state index in [9.17, 15) is 4.79 Å². The summed E-state index contributed by atoms with van der Waals surface area (Å²) in [5.41, 5.74) is 3.25. The van der Waals surface area contributed by atoms with Gasteiger partial charge < -0.3 is 24.3 Å². The summed E-state index contributed by atoms with van der Waals surface area (Å²) in [5, 5.41) is 2.91. The molecule has 0 fully saturated rings. The second-order valence-electron chi connectivity index (χ2n) is 8.90. The van der Waals surface area contributed by atoms with Crippen LogP contribution < -0.4 is 24.3 Å². The fourth-order valence-electron chi connectivity index (χ4n) is 3.57. The molecule has 3 aromatic carbocycles. The molecule has 0 aliphatic carbocycles. The van der Waals surface area contributed by atoms with Crippen LogP contribution in [0.1, 0.15) is 42.3 Å². The molecule has 6 nitrogen and oxygen atoms in total. The van der Waals surface area contributed by atoms with Crippen molar-refractivity contribution in [2.24, 2.45) is 0 Å². The lowest BCUT2D eigenvalue weighted by Gasteiger charge is -2.19. The molecule has 1 amide bonds. The quantitative estimate of drug-likeness (QED) is 0.533. The van der Waals surface area contributed by atoms with E-state index in [1.807, 2.05) is 12.1 Å². The number of fused-ring (bicyclic) bond motifs is 1. The highest BCUT2D eigenvalue weighted by Crippen LogP contribution is 2.33. The van der Waals surface area contributed by atoms with Crippen LogP contribution in [0.25, 0.3) is 0 Å². The lowest BCUT2D eigenvalue weighted by Crippen LogP contribution is -2.16. The number of hydrogen-bond acceptors (Lipinski definition) is 5. The second kappa shape index (κ2) is 9.45. The number of ether oxygens (including phenoxy) is 4. The third-order valence-electron chi connectivity index (χ3n) is 5.46. The number of methoxy groups -OCH3 is 1. The highest BCUT2D eigenvalue weighted by atomic mass is 16.6. The number of carbonyl (C=O) groups excluding carboxylic acids is 1. The molecule has 6 heteroatoms. The minimum absolute atomic E-state index is 0.0840. The third-order valence-corrected chi connectivity index (χ3v) is 5.46. The maximum absolute atomic E-state index is 12.9. The molecular weight excluding hydrogens is 418 g/mol. The van der Waals surface area contributed by atoms with Gasteiger partial charge in [0, 0.05) is 22.9 Å². The summed E-state index contributed by atoms with van der Waals surface area (Å²) in [6.45, 7) is 7.82. The molecule has 0 radical (unpaired) electrons. The summed E-state index contributed by atoms with van der Waals surface area (Å²) in [5.74, 6) is 2.50. The molecule has 172 valence electrons. The normalized spacial score (nSPS) is 12.7. The fraction of sp³-hybridized carbons (Fsp3) is 0.296. The van der Waals surface area contributed by atoms with Gasteiger partial charge in [0.05, 0.1) is 7.11 Å². The molecule has 0 atom stereocenters. The molecule has 0 bridgehead atoms. The molecule has 0 saturated carbocycles. The number of hydrogen-bond donors (Lipinski definition) is 1. The molecule has 1 heterocycles. The van der Waals surface area contributed by atoms with Crippen molar-refractivity contribution in [1.29, 1.82) is 0 Å². The number of amides is 1. The predicted molar refractivity (Wildman–Crippen MR) is 128 cm³/mol. The van der Waals surface area contributed by atoms with Crippen LogP contribution in [-0.2, 0) is 12.0 Å². The van der Waals surface area contributed by atoms with E-state index in [1.54, 1.807) is 43.5 Å². The average molecular weight is 448 g/mol. The van der Waals surface area contributed by atoms with E-state index in [4.69, 9.17) is 18.9 Å². The van der Waals surface area contributed by atoms with E-state index in [0.29, 0.717) is 41.7 Å². The van der Waals surface area contributed by atoms with Gasteiger partial charge in [-0.1, -0.05) is 32.9 Å². The van der Waals surface area contributed by atoms with Crippen molar-refractivity contribution in [3.05, 3.63) is 77.4 Å². The average Bonchev–Trinajstić information content (AvgIpc) is 2.82. The number of rotatable bonds is 6. The van der Waals surface area contributed by atoms with Crippen LogP contribution in [0, 0.1) is 0 Å². The zero-order chi connectivity index (χ0) is 23.4. The molecule has 3 aromatic rings. The van der Waals surface area contributed by atoms with Crippen LogP contribution >= 0.6 is 0 Å². The molecule has 0 spiro atoms. The van der Waals surface area contributed by atoms with E-state index in [1.165, 1.54) is 5.56 Å². The van der Waals surface area contributed by atoms with E-state index in [-0.39, 0.29) is 17.9 Å². The van der Waals surface area contributed by atoms with Crippen LogP contribution in [0.15, 0.2) is 60.7 Å². The number of carbonyl (C=O) groups is 1. The largest absolute Gasteiger partial charge is 0.496 e. The molecule has 33 heavy (non-hydrogen) atoms. The monoisotopic (exact) mass is 447 g/mol. The van der Waals surface area contributed by atoms with Crippen LogP contribution in [0.5, 0.6) is 23.0 Å². The minimum Gasteiger partial charge on any atom is -0.496 e. The Morgan fingerprint density at radius 2 is 1.67 bits per heavy atom. The molecule has 0 unspecified atom stereocenters. The molecule has 4 rings (SSSR count). The molecule has 1 aliphatic heterocycles. The van der Waals surface area contributed by atoms with Gasteiger partial charge in [0.1, 0.15) is 31.3 Å². The minimum atomic E-state index is -0.231. The summed E-state index contributed by atoms with van der Waals surface area (Å²) in [6.07, 6.45) is 0. The molecule has 1 N–H and O–H groups in total. The summed E-state index contributed by atoms with van der Waals surface area (Å²) >= 11 is 0. The highest BCUT2D eigenvalue weighted by Gasteiger charge is 2.16.